The van der Waals surface area contributed by atoms with Crippen molar-refractivity contribution in [3.8, 4) is 27.9 Å². The van der Waals surface area contributed by atoms with Crippen molar-refractivity contribution < 1.29 is 0 Å². The summed E-state index contributed by atoms with van der Waals surface area (Å²) in [6, 6.07) is 74.7. The number of hydrogen-bond donors (Lipinski definition) is 0. The predicted octanol–water partition coefficient (Wildman–Crippen LogP) is 13.9. The van der Waals surface area contributed by atoms with Crippen molar-refractivity contribution in [2.24, 2.45) is 0 Å². The van der Waals surface area contributed by atoms with Gasteiger partial charge in [-0.1, -0.05) is 152 Å². The van der Waals surface area contributed by atoms with E-state index in [2.05, 4.69) is 216 Å². The minimum absolute atomic E-state index is 1.11. The van der Waals surface area contributed by atoms with E-state index < -0.39 is 0 Å². The van der Waals surface area contributed by atoms with Gasteiger partial charge in [0.05, 0.1) is 16.7 Å². The van der Waals surface area contributed by atoms with Crippen LogP contribution in [0.25, 0.3) is 71.3 Å². The second-order valence-corrected chi connectivity index (χ2v) is 13.3. The molecule has 244 valence electrons. The average Bonchev–Trinajstić information content (AvgIpc) is 3.56. The quantitative estimate of drug-likeness (QED) is 0.161. The van der Waals surface area contributed by atoms with E-state index in [1.807, 2.05) is 0 Å². The van der Waals surface area contributed by atoms with Crippen LogP contribution in [0.15, 0.2) is 206 Å². The van der Waals surface area contributed by atoms with Crippen LogP contribution in [0.3, 0.4) is 0 Å². The summed E-state index contributed by atoms with van der Waals surface area (Å²) in [5, 5.41) is 7.31. The van der Waals surface area contributed by atoms with E-state index in [1.165, 1.54) is 71.3 Å². The van der Waals surface area contributed by atoms with Gasteiger partial charge in [-0.05, 0) is 87.6 Å². The van der Waals surface area contributed by atoms with Gasteiger partial charge >= 0.3 is 0 Å². The third-order valence-electron chi connectivity index (χ3n) is 10.3. The van der Waals surface area contributed by atoms with Gasteiger partial charge in [-0.2, -0.15) is 0 Å². The van der Waals surface area contributed by atoms with Crippen LogP contribution in [0, 0.1) is 0 Å². The fourth-order valence-corrected chi connectivity index (χ4v) is 8.06. The third-order valence-corrected chi connectivity index (χ3v) is 10.3. The molecule has 0 bridgehead atoms. The molecule has 0 saturated heterocycles. The van der Waals surface area contributed by atoms with Crippen LogP contribution in [-0.2, 0) is 0 Å². The van der Waals surface area contributed by atoms with Crippen molar-refractivity contribution in [2.75, 3.05) is 4.90 Å². The van der Waals surface area contributed by atoms with Crippen molar-refractivity contribution in [1.29, 1.82) is 0 Å². The molecule has 0 N–H and O–H groups in total. The first-order chi connectivity index (χ1) is 25.8. The molecule has 0 saturated carbocycles. The Balaban J connectivity index is 1.32. The highest BCUT2D eigenvalue weighted by atomic mass is 15.1. The molecule has 0 radical (unpaired) electrons. The topological polar surface area (TPSA) is 8.17 Å². The van der Waals surface area contributed by atoms with Crippen LogP contribution in [0.5, 0.6) is 0 Å². The van der Waals surface area contributed by atoms with Crippen molar-refractivity contribution in [3.63, 3.8) is 0 Å². The van der Waals surface area contributed by atoms with Crippen molar-refractivity contribution in [2.45, 2.75) is 0 Å². The maximum absolute atomic E-state index is 2.47. The summed E-state index contributed by atoms with van der Waals surface area (Å²) in [6.45, 7) is 0. The standard InChI is InChI=1S/C50H34N2/c1-5-17-35(18-6-1)37-29-31-43-46(33-37)50(44-27-14-13-26-42(44)49(43)36-19-7-2-8-20-36)51(38-21-9-3-10-22-38)40-30-32-48-45(34-40)41-25-15-16-28-47(41)52(48)39-23-11-4-12-24-39/h1-34H. The van der Waals surface area contributed by atoms with Gasteiger partial charge in [0, 0.05) is 38.6 Å². The van der Waals surface area contributed by atoms with E-state index in [4.69, 9.17) is 0 Å². The van der Waals surface area contributed by atoms with Gasteiger partial charge in [-0.3, -0.25) is 0 Å². The van der Waals surface area contributed by atoms with Crippen molar-refractivity contribution in [3.05, 3.63) is 206 Å². The lowest BCUT2D eigenvalue weighted by Crippen LogP contribution is -2.11. The van der Waals surface area contributed by atoms with Gasteiger partial charge in [0.2, 0.25) is 0 Å². The lowest BCUT2D eigenvalue weighted by atomic mass is 9.88. The Morgan fingerprint density at radius 3 is 1.60 bits per heavy atom. The minimum atomic E-state index is 1.11. The highest BCUT2D eigenvalue weighted by Crippen LogP contribution is 2.49. The van der Waals surface area contributed by atoms with Gasteiger partial charge in [0.1, 0.15) is 0 Å². The molecule has 0 aliphatic carbocycles. The molecule has 0 fully saturated rings. The number of anilines is 3. The summed E-state index contributed by atoms with van der Waals surface area (Å²) in [7, 11) is 0. The maximum atomic E-state index is 2.47. The fourth-order valence-electron chi connectivity index (χ4n) is 8.06. The highest BCUT2D eigenvalue weighted by Gasteiger charge is 2.24. The van der Waals surface area contributed by atoms with E-state index in [0.29, 0.717) is 0 Å². The first-order valence-corrected chi connectivity index (χ1v) is 17.9. The number of para-hydroxylation sites is 3. The zero-order valence-corrected chi connectivity index (χ0v) is 28.5. The Morgan fingerprint density at radius 1 is 0.308 bits per heavy atom. The normalized spacial score (nSPS) is 11.5. The van der Waals surface area contributed by atoms with E-state index in [-0.39, 0.29) is 0 Å². The molecule has 10 aromatic rings. The predicted molar refractivity (Wildman–Crippen MR) is 221 cm³/mol. The monoisotopic (exact) mass is 662 g/mol. The van der Waals surface area contributed by atoms with E-state index in [9.17, 15) is 0 Å². The summed E-state index contributed by atoms with van der Waals surface area (Å²) >= 11 is 0. The lowest BCUT2D eigenvalue weighted by molar-refractivity contribution is 1.18. The molecule has 0 atom stereocenters. The molecule has 1 heterocycles. The lowest BCUT2D eigenvalue weighted by Gasteiger charge is -2.30. The molecule has 2 heteroatoms. The van der Waals surface area contributed by atoms with Crippen LogP contribution in [0.1, 0.15) is 0 Å². The number of benzene rings is 9. The Hall–Kier alpha value is -6.90. The maximum Gasteiger partial charge on any atom is 0.0619 e. The highest BCUT2D eigenvalue weighted by molar-refractivity contribution is 6.23. The first-order valence-electron chi connectivity index (χ1n) is 17.9. The molecule has 0 aliphatic rings. The first kappa shape index (κ1) is 30.0. The van der Waals surface area contributed by atoms with E-state index in [1.54, 1.807) is 0 Å². The van der Waals surface area contributed by atoms with Crippen LogP contribution in [0.2, 0.25) is 0 Å². The van der Waals surface area contributed by atoms with Gasteiger partial charge in [0.25, 0.3) is 0 Å². The molecule has 0 spiro atoms. The van der Waals surface area contributed by atoms with Crippen molar-refractivity contribution >= 4 is 60.4 Å². The Kier molecular flexibility index (Phi) is 7.18. The number of hydrogen-bond acceptors (Lipinski definition) is 1. The SMILES string of the molecule is c1ccc(-c2ccc3c(-c4ccccc4)c4ccccc4c(N(c4ccccc4)c4ccc5c(c4)c4ccccc4n5-c4ccccc4)c3c2)cc1. The molecular weight excluding hydrogens is 629 g/mol. The minimum Gasteiger partial charge on any atom is -0.309 e. The largest absolute Gasteiger partial charge is 0.309 e. The molecule has 10 rings (SSSR count). The van der Waals surface area contributed by atoms with Crippen LogP contribution < -0.4 is 4.90 Å². The summed E-state index contributed by atoms with van der Waals surface area (Å²) < 4.78 is 2.38. The van der Waals surface area contributed by atoms with E-state index >= 15 is 0 Å². The van der Waals surface area contributed by atoms with Gasteiger partial charge in [0.15, 0.2) is 0 Å². The summed E-state index contributed by atoms with van der Waals surface area (Å²) in [5.74, 6) is 0. The Morgan fingerprint density at radius 2 is 0.865 bits per heavy atom. The zero-order valence-electron chi connectivity index (χ0n) is 28.5. The Bertz CT molecular complexity index is 2870. The number of fused-ring (bicyclic) bond motifs is 5. The van der Waals surface area contributed by atoms with Crippen LogP contribution >= 0.6 is 0 Å². The van der Waals surface area contributed by atoms with Crippen LogP contribution in [0.4, 0.5) is 17.1 Å². The second-order valence-electron chi connectivity index (χ2n) is 13.3. The summed E-state index contributed by atoms with van der Waals surface area (Å²) in [6.07, 6.45) is 0. The summed E-state index contributed by atoms with van der Waals surface area (Å²) in [5.41, 5.74) is 11.8. The molecule has 2 nitrogen and oxygen atoms in total. The van der Waals surface area contributed by atoms with Gasteiger partial charge < -0.3 is 9.47 Å². The molecule has 52 heavy (non-hydrogen) atoms. The number of rotatable bonds is 6. The Labute approximate surface area is 303 Å². The fraction of sp³-hybridized carbons (Fsp3) is 0. The smallest absolute Gasteiger partial charge is 0.0619 e. The van der Waals surface area contributed by atoms with Gasteiger partial charge in [-0.15, -0.1) is 0 Å². The average molecular weight is 663 g/mol. The zero-order chi connectivity index (χ0) is 34.4. The van der Waals surface area contributed by atoms with Crippen LogP contribution in [-0.4, -0.2) is 4.57 Å². The molecule has 1 aromatic heterocycles. The van der Waals surface area contributed by atoms with Gasteiger partial charge in [-0.25, -0.2) is 0 Å². The molecule has 0 amide bonds. The second kappa shape index (κ2) is 12.5. The molecular formula is C50H34N2. The summed E-state index contributed by atoms with van der Waals surface area (Å²) in [4.78, 5) is 2.47. The molecule has 0 aliphatic heterocycles. The van der Waals surface area contributed by atoms with E-state index in [0.717, 1.165) is 17.1 Å². The van der Waals surface area contributed by atoms with Crippen molar-refractivity contribution in [1.82, 2.24) is 4.57 Å². The molecule has 9 aromatic carbocycles. The third kappa shape index (κ3) is 4.88. The molecule has 0 unspecified atom stereocenters. The number of aromatic nitrogens is 1. The number of nitrogens with zero attached hydrogens (tertiary/aromatic N) is 2.